The Bertz CT molecular complexity index is 918. The first-order valence-electron chi connectivity index (χ1n) is 10.3. The van der Waals surface area contributed by atoms with Crippen LogP contribution in [0.1, 0.15) is 31.5 Å². The summed E-state index contributed by atoms with van der Waals surface area (Å²) in [6.45, 7) is 10.2. The Labute approximate surface area is 172 Å². The molecular weight excluding hydrogens is 384 g/mol. The summed E-state index contributed by atoms with van der Waals surface area (Å²) in [5.74, 6) is 0.779. The van der Waals surface area contributed by atoms with Gasteiger partial charge in [0, 0.05) is 39.4 Å². The molecular formula is C20H30N6O2Si. The summed E-state index contributed by atoms with van der Waals surface area (Å²) in [4.78, 5) is 20.5. The molecule has 2 aromatic heterocycles. The topological polar surface area (TPSA) is 85.2 Å². The lowest BCUT2D eigenvalue weighted by Crippen LogP contribution is -2.28. The van der Waals surface area contributed by atoms with Gasteiger partial charge < -0.3 is 15.0 Å². The number of rotatable bonds is 7. The quantitative estimate of drug-likeness (QED) is 0.551. The molecule has 0 bridgehead atoms. The van der Waals surface area contributed by atoms with Crippen LogP contribution in [-0.4, -0.2) is 47.6 Å². The third-order valence-corrected chi connectivity index (χ3v) is 7.29. The molecule has 1 aliphatic heterocycles. The molecule has 0 radical (unpaired) electrons. The average molecular weight is 415 g/mol. The summed E-state index contributed by atoms with van der Waals surface area (Å²) < 4.78 is 5.82. The van der Waals surface area contributed by atoms with Crippen molar-refractivity contribution in [1.82, 2.24) is 20.0 Å². The SMILES string of the molecule is CC1c2nn(COCC[Si](C)(C)C)nc2-c2ccnc(NC(=O)C3CC3)c2N1C. The van der Waals surface area contributed by atoms with Gasteiger partial charge in [-0.1, -0.05) is 19.6 Å². The van der Waals surface area contributed by atoms with Gasteiger partial charge in [-0.2, -0.15) is 15.0 Å². The maximum atomic E-state index is 12.3. The summed E-state index contributed by atoms with van der Waals surface area (Å²) in [7, 11) is 0.885. The number of nitrogens with one attached hydrogen (secondary N) is 1. The van der Waals surface area contributed by atoms with Crippen molar-refractivity contribution in [2.45, 2.75) is 58.2 Å². The van der Waals surface area contributed by atoms with Gasteiger partial charge in [-0.25, -0.2) is 4.98 Å². The van der Waals surface area contributed by atoms with E-state index in [0.717, 1.165) is 48.1 Å². The van der Waals surface area contributed by atoms with Gasteiger partial charge in [-0.05, 0) is 31.9 Å². The zero-order valence-corrected chi connectivity index (χ0v) is 18.9. The van der Waals surface area contributed by atoms with E-state index in [0.29, 0.717) is 12.5 Å². The van der Waals surface area contributed by atoms with Crippen molar-refractivity contribution < 1.29 is 9.53 Å². The van der Waals surface area contributed by atoms with Crippen LogP contribution in [0, 0.1) is 5.92 Å². The predicted molar refractivity (Wildman–Crippen MR) is 116 cm³/mol. The normalized spacial score (nSPS) is 18.4. The molecule has 156 valence electrons. The maximum Gasteiger partial charge on any atom is 0.228 e. The first kappa shape index (κ1) is 20.0. The summed E-state index contributed by atoms with van der Waals surface area (Å²) in [5, 5.41) is 12.4. The van der Waals surface area contributed by atoms with Crippen molar-refractivity contribution in [1.29, 1.82) is 0 Å². The second-order valence-electron chi connectivity index (χ2n) is 9.26. The van der Waals surface area contributed by atoms with Gasteiger partial charge in [-0.3, -0.25) is 4.79 Å². The average Bonchev–Trinajstić information content (AvgIpc) is 3.42. The Morgan fingerprint density at radius 1 is 1.31 bits per heavy atom. The van der Waals surface area contributed by atoms with E-state index >= 15 is 0 Å². The molecule has 8 nitrogen and oxygen atoms in total. The van der Waals surface area contributed by atoms with Gasteiger partial charge in [0.2, 0.25) is 5.91 Å². The van der Waals surface area contributed by atoms with E-state index in [1.165, 1.54) is 0 Å². The molecule has 0 aromatic carbocycles. The fraction of sp³-hybridized carbons (Fsp3) is 0.600. The number of hydrogen-bond acceptors (Lipinski definition) is 6. The van der Waals surface area contributed by atoms with E-state index in [1.807, 2.05) is 13.1 Å². The number of amides is 1. The molecule has 29 heavy (non-hydrogen) atoms. The van der Waals surface area contributed by atoms with Crippen LogP contribution in [0.4, 0.5) is 11.5 Å². The molecule has 1 atom stereocenters. The fourth-order valence-electron chi connectivity index (χ4n) is 3.45. The summed E-state index contributed by atoms with van der Waals surface area (Å²) in [5.41, 5.74) is 3.59. The predicted octanol–water partition coefficient (Wildman–Crippen LogP) is 3.51. The summed E-state index contributed by atoms with van der Waals surface area (Å²) in [6, 6.07) is 3.08. The number of aromatic nitrogens is 4. The van der Waals surface area contributed by atoms with Crippen LogP contribution in [0.25, 0.3) is 11.3 Å². The first-order valence-corrected chi connectivity index (χ1v) is 14.0. The Hall–Kier alpha value is -2.26. The van der Waals surface area contributed by atoms with Gasteiger partial charge in [0.05, 0.1) is 11.7 Å². The van der Waals surface area contributed by atoms with Crippen molar-refractivity contribution in [3.05, 3.63) is 18.0 Å². The van der Waals surface area contributed by atoms with E-state index in [9.17, 15) is 4.79 Å². The minimum Gasteiger partial charge on any atom is -0.363 e. The molecule has 2 aromatic rings. The molecule has 0 spiro atoms. The number of anilines is 2. The molecule has 2 aliphatic rings. The fourth-order valence-corrected chi connectivity index (χ4v) is 4.21. The minimum atomic E-state index is -1.12. The number of ether oxygens (including phenoxy) is 1. The Kier molecular flexibility index (Phi) is 5.20. The van der Waals surface area contributed by atoms with Crippen molar-refractivity contribution in [2.24, 2.45) is 5.92 Å². The van der Waals surface area contributed by atoms with Crippen LogP contribution >= 0.6 is 0 Å². The maximum absolute atomic E-state index is 12.3. The minimum absolute atomic E-state index is 0.0222. The van der Waals surface area contributed by atoms with Crippen LogP contribution in [0.5, 0.6) is 0 Å². The number of hydrogen-bond donors (Lipinski definition) is 1. The Morgan fingerprint density at radius 3 is 2.76 bits per heavy atom. The zero-order valence-electron chi connectivity index (χ0n) is 17.9. The highest BCUT2D eigenvalue weighted by molar-refractivity contribution is 6.76. The lowest BCUT2D eigenvalue weighted by atomic mass is 9.99. The third-order valence-electron chi connectivity index (χ3n) is 5.58. The Morgan fingerprint density at radius 2 is 2.07 bits per heavy atom. The van der Waals surface area contributed by atoms with Gasteiger partial charge >= 0.3 is 0 Å². The second-order valence-corrected chi connectivity index (χ2v) is 14.9. The van der Waals surface area contributed by atoms with Crippen LogP contribution in [0.2, 0.25) is 25.7 Å². The molecule has 4 rings (SSSR count). The zero-order chi connectivity index (χ0) is 20.8. The highest BCUT2D eigenvalue weighted by atomic mass is 28.3. The summed E-state index contributed by atoms with van der Waals surface area (Å²) >= 11 is 0. The van der Waals surface area contributed by atoms with Crippen molar-refractivity contribution in [3.8, 4) is 11.3 Å². The molecule has 9 heteroatoms. The third kappa shape index (κ3) is 4.20. The molecule has 1 N–H and O–H groups in total. The van der Waals surface area contributed by atoms with Crippen molar-refractivity contribution in [2.75, 3.05) is 23.9 Å². The van der Waals surface area contributed by atoms with Crippen LogP contribution in [0.15, 0.2) is 12.3 Å². The standard InChI is InChI=1S/C20H30N6O2Si/c1-13-16-17(24-26(23-16)12-28-10-11-29(3,4)5)15-8-9-21-19(18(15)25(13)2)22-20(27)14-6-7-14/h8-9,13-14H,6-7,10-12H2,1-5H3,(H,21,22,27). The van der Waals surface area contributed by atoms with Gasteiger partial charge in [0.15, 0.2) is 12.5 Å². The van der Waals surface area contributed by atoms with E-state index in [1.54, 1.807) is 11.0 Å². The molecule has 1 unspecified atom stereocenters. The van der Waals surface area contributed by atoms with E-state index < -0.39 is 8.07 Å². The van der Waals surface area contributed by atoms with Crippen LogP contribution < -0.4 is 10.2 Å². The van der Waals surface area contributed by atoms with Crippen LogP contribution in [-0.2, 0) is 16.3 Å². The highest BCUT2D eigenvalue weighted by Gasteiger charge is 2.35. The number of carbonyl (C=O) groups is 1. The van der Waals surface area contributed by atoms with Gasteiger partial charge in [0.1, 0.15) is 11.4 Å². The molecule has 1 aliphatic carbocycles. The smallest absolute Gasteiger partial charge is 0.228 e. The van der Waals surface area contributed by atoms with Gasteiger partial charge in [-0.15, -0.1) is 0 Å². The molecule has 1 saturated carbocycles. The molecule has 0 saturated heterocycles. The van der Waals surface area contributed by atoms with Gasteiger partial charge in [0.25, 0.3) is 0 Å². The van der Waals surface area contributed by atoms with Crippen molar-refractivity contribution >= 4 is 25.5 Å². The van der Waals surface area contributed by atoms with E-state index in [4.69, 9.17) is 9.84 Å². The molecule has 1 fully saturated rings. The lowest BCUT2D eigenvalue weighted by molar-refractivity contribution is -0.117. The molecule has 3 heterocycles. The number of fused-ring (bicyclic) bond motifs is 3. The highest BCUT2D eigenvalue weighted by Crippen LogP contribution is 2.45. The largest absolute Gasteiger partial charge is 0.363 e. The first-order chi connectivity index (χ1) is 13.7. The number of carbonyl (C=O) groups excluding carboxylic acids is 1. The van der Waals surface area contributed by atoms with E-state index in [-0.39, 0.29) is 17.9 Å². The van der Waals surface area contributed by atoms with E-state index in [2.05, 4.69) is 46.9 Å². The Balaban J connectivity index is 1.57. The van der Waals surface area contributed by atoms with Crippen molar-refractivity contribution in [3.63, 3.8) is 0 Å². The number of nitrogens with zero attached hydrogens (tertiary/aromatic N) is 5. The monoisotopic (exact) mass is 414 g/mol. The second kappa shape index (κ2) is 7.53. The molecule has 1 amide bonds. The number of pyridine rings is 1. The summed E-state index contributed by atoms with van der Waals surface area (Å²) in [6.07, 6.45) is 3.64. The lowest BCUT2D eigenvalue weighted by Gasteiger charge is -2.33. The van der Waals surface area contributed by atoms with Crippen LogP contribution in [0.3, 0.4) is 0 Å².